The van der Waals surface area contributed by atoms with Crippen molar-refractivity contribution < 1.29 is 8.83 Å². The first kappa shape index (κ1) is 72.4. The zero-order chi connectivity index (χ0) is 82.0. The molecule has 0 radical (unpaired) electrons. The van der Waals surface area contributed by atoms with Gasteiger partial charge in [-0.05, 0) is 134 Å². The number of aromatic nitrogens is 8. The van der Waals surface area contributed by atoms with Crippen LogP contribution in [0.4, 0.5) is 0 Å². The van der Waals surface area contributed by atoms with Crippen LogP contribution in [0.25, 0.3) is 234 Å². The van der Waals surface area contributed by atoms with Gasteiger partial charge in [0.1, 0.15) is 22.3 Å². The third-order valence-corrected chi connectivity index (χ3v) is 23.7. The van der Waals surface area contributed by atoms with E-state index in [9.17, 15) is 0 Å². The normalized spacial score (nSPS) is 11.5. The van der Waals surface area contributed by atoms with E-state index < -0.39 is 0 Å². The highest BCUT2D eigenvalue weighted by Gasteiger charge is 2.27. The van der Waals surface area contributed by atoms with Crippen molar-refractivity contribution in [2.45, 2.75) is 0 Å². The third kappa shape index (κ3) is 12.9. The average Bonchev–Trinajstić information content (AvgIpc) is 1.56. The molecule has 0 aliphatic carbocycles. The molecule has 0 saturated heterocycles. The van der Waals surface area contributed by atoms with Crippen molar-refractivity contribution >= 4 is 87.5 Å². The van der Waals surface area contributed by atoms with Gasteiger partial charge in [0.05, 0.1) is 33.4 Å². The van der Waals surface area contributed by atoms with E-state index in [-0.39, 0.29) is 0 Å². The fourth-order valence-corrected chi connectivity index (χ4v) is 18.0. The highest BCUT2D eigenvalue weighted by Crippen LogP contribution is 2.48. The molecule has 580 valence electrons. The smallest absolute Gasteiger partial charge is 0.166 e. The summed E-state index contributed by atoms with van der Waals surface area (Å²) in [5.41, 5.74) is 28.6. The molecule has 0 saturated carbocycles. The second-order valence-corrected chi connectivity index (χ2v) is 31.1. The molecule has 0 fully saturated rings. The van der Waals surface area contributed by atoms with Crippen molar-refractivity contribution in [2.24, 2.45) is 0 Å². The van der Waals surface area contributed by atoms with Gasteiger partial charge < -0.3 is 18.0 Å². The summed E-state index contributed by atoms with van der Waals surface area (Å²) in [4.78, 5) is 31.5. The van der Waals surface area contributed by atoms with Gasteiger partial charge in [-0.3, -0.25) is 0 Å². The predicted molar refractivity (Wildman–Crippen MR) is 508 cm³/mol. The standard InChI is InChI=1S/2C57H36N4O/c1-5-18-37(19-6-1)41-34-42(38-20-7-2-8-21-38)36-43(35-41)56-58-55(40-24-11-4-12-25-40)59-57(60-56)46-27-14-16-31-49(46)61-48-30-15-13-26-45(48)52-50(61)32-33-51-53(52)47-29-17-28-44(54(47)62-51)39-22-9-3-10-23-39;1-4-15-37(16-5-1)39-27-31-42(32-28-39)55-58-56(43-33-29-40(30-34-43)38-17-6-2-7-18-38)60-57(59-55)46-22-11-13-26-49(46)61-48-25-12-10-21-45(48)52-50(61)35-36-51-53(52)47-24-14-23-44(54(47)62-51)41-19-8-3-9-20-41/h2*1-36H. The Labute approximate surface area is 713 Å². The number of benzene rings is 18. The topological polar surface area (TPSA) is 113 Å². The van der Waals surface area contributed by atoms with E-state index in [1.54, 1.807) is 0 Å². The highest BCUT2D eigenvalue weighted by molar-refractivity contribution is 6.30. The first-order valence-electron chi connectivity index (χ1n) is 41.7. The minimum absolute atomic E-state index is 0.587. The van der Waals surface area contributed by atoms with Gasteiger partial charge in [0.15, 0.2) is 34.9 Å². The number of nitrogens with zero attached hydrogens (tertiary/aromatic N) is 8. The van der Waals surface area contributed by atoms with Gasteiger partial charge in [0.2, 0.25) is 0 Å². The van der Waals surface area contributed by atoms with Crippen molar-refractivity contribution in [2.75, 3.05) is 0 Å². The second-order valence-electron chi connectivity index (χ2n) is 31.1. The molecule has 0 aliphatic heterocycles. The summed E-state index contributed by atoms with van der Waals surface area (Å²) in [6.45, 7) is 0. The lowest BCUT2D eigenvalue weighted by Gasteiger charge is -2.15. The quantitative estimate of drug-likeness (QED) is 0.106. The summed E-state index contributed by atoms with van der Waals surface area (Å²) < 4.78 is 18.2. The van der Waals surface area contributed by atoms with E-state index in [0.717, 1.165) is 199 Å². The lowest BCUT2D eigenvalue weighted by molar-refractivity contribution is 0.670. The Bertz CT molecular complexity index is 8020. The molecule has 10 nitrogen and oxygen atoms in total. The first-order chi connectivity index (χ1) is 61.5. The van der Waals surface area contributed by atoms with Crippen molar-refractivity contribution in [1.29, 1.82) is 0 Å². The zero-order valence-corrected chi connectivity index (χ0v) is 67.0. The molecule has 24 aromatic rings. The minimum atomic E-state index is 0.587. The van der Waals surface area contributed by atoms with Gasteiger partial charge in [-0.25, -0.2) is 29.9 Å². The van der Waals surface area contributed by atoms with Crippen molar-refractivity contribution in [1.82, 2.24) is 39.0 Å². The van der Waals surface area contributed by atoms with E-state index in [0.29, 0.717) is 34.9 Å². The number of para-hydroxylation sites is 6. The molecular formula is C114H72N8O2. The van der Waals surface area contributed by atoms with Crippen LogP contribution in [0, 0.1) is 0 Å². The van der Waals surface area contributed by atoms with Crippen LogP contribution in [-0.2, 0) is 0 Å². The molecule has 0 spiro atoms. The Balaban J connectivity index is 0.000000143. The lowest BCUT2D eigenvalue weighted by Crippen LogP contribution is -2.03. The third-order valence-electron chi connectivity index (χ3n) is 23.7. The largest absolute Gasteiger partial charge is 0.455 e. The number of furan rings is 2. The van der Waals surface area contributed by atoms with Crippen LogP contribution >= 0.6 is 0 Å². The molecular weight excluding hydrogens is 1510 g/mol. The lowest BCUT2D eigenvalue weighted by atomic mass is 9.96. The Morgan fingerprint density at radius 1 is 0.161 bits per heavy atom. The molecule has 0 aliphatic rings. The maximum Gasteiger partial charge on any atom is 0.166 e. The van der Waals surface area contributed by atoms with E-state index >= 15 is 0 Å². The van der Waals surface area contributed by atoms with Gasteiger partial charge in [-0.2, -0.15) is 0 Å². The monoisotopic (exact) mass is 1580 g/mol. The fraction of sp³-hybridized carbons (Fsp3) is 0. The molecule has 124 heavy (non-hydrogen) atoms. The minimum Gasteiger partial charge on any atom is -0.455 e. The van der Waals surface area contributed by atoms with E-state index in [1.807, 2.05) is 54.6 Å². The van der Waals surface area contributed by atoms with Crippen LogP contribution in [0.1, 0.15) is 0 Å². The summed E-state index contributed by atoms with van der Waals surface area (Å²) in [5.74, 6) is 3.60. The number of rotatable bonds is 14. The van der Waals surface area contributed by atoms with Crippen LogP contribution in [0.3, 0.4) is 0 Å². The SMILES string of the molecule is c1ccc(-c2cc(-c3ccccc3)cc(-c3nc(-c4ccccc4)nc(-c4ccccc4-n4c5ccccc5c5c6c(ccc54)oc4c(-c5ccccc5)cccc46)n3)c2)cc1.c1ccc(-c2ccc(-c3nc(-c4ccc(-c5ccccc5)cc4)nc(-c4ccccc4-n4c5ccccc5c5c6c(ccc54)oc4c(-c5ccccc5)cccc46)n3)cc2)cc1. The summed E-state index contributed by atoms with van der Waals surface area (Å²) >= 11 is 0. The van der Waals surface area contributed by atoms with Crippen LogP contribution in [0.15, 0.2) is 446 Å². The van der Waals surface area contributed by atoms with E-state index in [1.165, 1.54) is 0 Å². The molecule has 18 aromatic carbocycles. The summed E-state index contributed by atoms with van der Waals surface area (Å²) in [6, 6.07) is 152. The first-order valence-corrected chi connectivity index (χ1v) is 41.7. The summed E-state index contributed by atoms with van der Waals surface area (Å²) in [5, 5.41) is 8.95. The van der Waals surface area contributed by atoms with Gasteiger partial charge in [-0.1, -0.05) is 358 Å². The molecule has 0 amide bonds. The van der Waals surface area contributed by atoms with Gasteiger partial charge in [0.25, 0.3) is 0 Å². The second kappa shape index (κ2) is 30.8. The molecule has 10 heteroatoms. The van der Waals surface area contributed by atoms with Gasteiger partial charge in [-0.15, -0.1) is 0 Å². The Kier molecular flexibility index (Phi) is 18.0. The molecule has 6 heterocycles. The van der Waals surface area contributed by atoms with Crippen molar-refractivity contribution in [3.8, 4) is 146 Å². The van der Waals surface area contributed by atoms with Crippen LogP contribution in [-0.4, -0.2) is 39.0 Å². The maximum atomic E-state index is 6.75. The highest BCUT2D eigenvalue weighted by atomic mass is 16.3. The maximum absolute atomic E-state index is 6.75. The van der Waals surface area contributed by atoms with Crippen LogP contribution < -0.4 is 0 Å². The van der Waals surface area contributed by atoms with Gasteiger partial charge in [0, 0.05) is 87.6 Å². The van der Waals surface area contributed by atoms with Crippen molar-refractivity contribution in [3.63, 3.8) is 0 Å². The van der Waals surface area contributed by atoms with Crippen LogP contribution in [0.2, 0.25) is 0 Å². The molecule has 0 atom stereocenters. The van der Waals surface area contributed by atoms with E-state index in [2.05, 4.69) is 391 Å². The summed E-state index contributed by atoms with van der Waals surface area (Å²) in [7, 11) is 0. The number of hydrogen-bond acceptors (Lipinski definition) is 8. The number of fused-ring (bicyclic) bond motifs is 14. The van der Waals surface area contributed by atoms with Crippen molar-refractivity contribution in [3.05, 3.63) is 437 Å². The predicted octanol–water partition coefficient (Wildman–Crippen LogP) is 29.7. The van der Waals surface area contributed by atoms with E-state index in [4.69, 9.17) is 38.7 Å². The zero-order valence-electron chi connectivity index (χ0n) is 67.0. The molecule has 6 aromatic heterocycles. The molecule has 24 rings (SSSR count). The average molecular weight is 1590 g/mol. The Hall–Kier alpha value is -16.8. The Morgan fingerprint density at radius 2 is 0.427 bits per heavy atom. The Morgan fingerprint density at radius 3 is 0.815 bits per heavy atom. The molecule has 0 unspecified atom stereocenters. The van der Waals surface area contributed by atoms with Crippen LogP contribution in [0.5, 0.6) is 0 Å². The molecule has 0 bridgehead atoms. The summed E-state index contributed by atoms with van der Waals surface area (Å²) in [6.07, 6.45) is 0. The fourth-order valence-electron chi connectivity index (χ4n) is 18.0. The van der Waals surface area contributed by atoms with Gasteiger partial charge >= 0.3 is 0 Å². The molecule has 0 N–H and O–H groups in total. The number of hydrogen-bond donors (Lipinski definition) is 0.